The molecule has 1 aromatic rings. The first-order chi connectivity index (χ1) is 8.44. The number of hydrogen-bond donors (Lipinski definition) is 3. The second-order valence-corrected chi connectivity index (χ2v) is 4.28. The third kappa shape index (κ3) is 4.64. The van der Waals surface area contributed by atoms with E-state index in [1.54, 1.807) is 0 Å². The molecule has 0 fully saturated rings. The van der Waals surface area contributed by atoms with E-state index < -0.39 is 11.6 Å². The third-order valence-electron chi connectivity index (χ3n) is 2.15. The van der Waals surface area contributed by atoms with E-state index in [1.807, 2.05) is 13.8 Å². The summed E-state index contributed by atoms with van der Waals surface area (Å²) < 4.78 is 5.41. The van der Waals surface area contributed by atoms with E-state index in [4.69, 9.17) is 14.9 Å². The molecular weight excluding hydrogens is 238 g/mol. The van der Waals surface area contributed by atoms with Crippen LogP contribution in [0.5, 0.6) is 0 Å². The van der Waals surface area contributed by atoms with Crippen LogP contribution < -0.4 is 5.32 Å². The molecule has 0 spiro atoms. The maximum absolute atomic E-state index is 10.6. The molecule has 1 heterocycles. The number of anilines is 1. The number of carboxylic acid groups (broad SMARTS) is 1. The SMILES string of the molecule is CC(C)(CNc1cnc(C(=O)O)cn1)OCCO. The molecule has 0 atom stereocenters. The van der Waals surface area contributed by atoms with Crippen LogP contribution in [0.15, 0.2) is 12.4 Å². The molecule has 18 heavy (non-hydrogen) atoms. The second-order valence-electron chi connectivity index (χ2n) is 4.28. The van der Waals surface area contributed by atoms with Crippen molar-refractivity contribution in [2.45, 2.75) is 19.4 Å². The van der Waals surface area contributed by atoms with Gasteiger partial charge in [0.15, 0.2) is 5.69 Å². The monoisotopic (exact) mass is 255 g/mol. The van der Waals surface area contributed by atoms with Gasteiger partial charge in [0.25, 0.3) is 0 Å². The maximum atomic E-state index is 10.6. The summed E-state index contributed by atoms with van der Waals surface area (Å²) in [5.74, 6) is -0.638. The molecule has 0 amide bonds. The summed E-state index contributed by atoms with van der Waals surface area (Å²) in [5, 5.41) is 20.3. The van der Waals surface area contributed by atoms with E-state index in [1.165, 1.54) is 12.4 Å². The molecule has 0 aromatic carbocycles. The predicted octanol–water partition coefficient (Wildman–Crippen LogP) is 0.374. The molecule has 0 saturated carbocycles. The number of nitrogens with one attached hydrogen (secondary N) is 1. The minimum absolute atomic E-state index is 0.0312. The van der Waals surface area contributed by atoms with Crippen molar-refractivity contribution in [2.24, 2.45) is 0 Å². The molecule has 0 radical (unpaired) electrons. The molecule has 1 rings (SSSR count). The van der Waals surface area contributed by atoms with Crippen molar-refractivity contribution >= 4 is 11.8 Å². The molecule has 7 nitrogen and oxygen atoms in total. The van der Waals surface area contributed by atoms with Crippen molar-refractivity contribution in [3.8, 4) is 0 Å². The molecule has 100 valence electrons. The highest BCUT2D eigenvalue weighted by molar-refractivity contribution is 5.84. The van der Waals surface area contributed by atoms with Crippen LogP contribution in [-0.2, 0) is 4.74 Å². The number of aliphatic hydroxyl groups is 1. The van der Waals surface area contributed by atoms with Gasteiger partial charge in [-0.25, -0.2) is 14.8 Å². The fraction of sp³-hybridized carbons (Fsp3) is 0.545. The van der Waals surface area contributed by atoms with Crippen molar-refractivity contribution in [1.82, 2.24) is 9.97 Å². The molecular formula is C11H17N3O4. The van der Waals surface area contributed by atoms with Crippen molar-refractivity contribution in [2.75, 3.05) is 25.1 Å². The fourth-order valence-electron chi connectivity index (χ4n) is 1.21. The Hall–Kier alpha value is -1.73. The summed E-state index contributed by atoms with van der Waals surface area (Å²) in [5.41, 5.74) is -0.563. The van der Waals surface area contributed by atoms with Gasteiger partial charge in [0.05, 0.1) is 31.2 Å². The molecule has 0 aliphatic carbocycles. The Morgan fingerprint density at radius 2 is 2.17 bits per heavy atom. The van der Waals surface area contributed by atoms with Gasteiger partial charge in [-0.05, 0) is 13.8 Å². The number of ether oxygens (including phenoxy) is 1. The minimum atomic E-state index is -1.11. The van der Waals surface area contributed by atoms with Gasteiger partial charge in [0, 0.05) is 6.54 Å². The Morgan fingerprint density at radius 3 is 2.67 bits per heavy atom. The van der Waals surface area contributed by atoms with Gasteiger partial charge >= 0.3 is 5.97 Å². The highest BCUT2D eigenvalue weighted by Crippen LogP contribution is 2.10. The number of aromatic carboxylic acids is 1. The van der Waals surface area contributed by atoms with Crippen LogP contribution in [0.2, 0.25) is 0 Å². The zero-order chi connectivity index (χ0) is 13.6. The highest BCUT2D eigenvalue weighted by atomic mass is 16.5. The summed E-state index contributed by atoms with van der Waals surface area (Å²) >= 11 is 0. The van der Waals surface area contributed by atoms with E-state index in [0.717, 1.165) is 0 Å². The average Bonchev–Trinajstić information content (AvgIpc) is 2.35. The number of nitrogens with zero attached hydrogens (tertiary/aromatic N) is 2. The molecule has 0 bridgehead atoms. The number of carboxylic acids is 1. The Balaban J connectivity index is 2.50. The Bertz CT molecular complexity index is 392. The smallest absolute Gasteiger partial charge is 0.356 e. The summed E-state index contributed by atoms with van der Waals surface area (Å²) in [7, 11) is 0. The Labute approximate surface area is 105 Å². The van der Waals surface area contributed by atoms with Crippen LogP contribution in [-0.4, -0.2) is 51.5 Å². The quantitative estimate of drug-likeness (QED) is 0.646. The van der Waals surface area contributed by atoms with E-state index >= 15 is 0 Å². The first-order valence-electron chi connectivity index (χ1n) is 5.48. The van der Waals surface area contributed by atoms with Crippen molar-refractivity contribution in [3.05, 3.63) is 18.1 Å². The summed E-state index contributed by atoms with van der Waals surface area (Å²) in [6, 6.07) is 0. The topological polar surface area (TPSA) is 105 Å². The first kappa shape index (κ1) is 14.3. The Morgan fingerprint density at radius 1 is 1.44 bits per heavy atom. The summed E-state index contributed by atoms with van der Waals surface area (Å²) in [6.45, 7) is 4.44. The van der Waals surface area contributed by atoms with Crippen LogP contribution in [0, 0.1) is 0 Å². The van der Waals surface area contributed by atoms with Crippen LogP contribution in [0.1, 0.15) is 24.3 Å². The van der Waals surface area contributed by atoms with Crippen LogP contribution in [0.3, 0.4) is 0 Å². The third-order valence-corrected chi connectivity index (χ3v) is 2.15. The van der Waals surface area contributed by atoms with Crippen LogP contribution in [0.4, 0.5) is 5.82 Å². The lowest BCUT2D eigenvalue weighted by Crippen LogP contribution is -2.34. The molecule has 0 aliphatic rings. The molecule has 3 N–H and O–H groups in total. The van der Waals surface area contributed by atoms with Gasteiger partial charge < -0.3 is 20.3 Å². The maximum Gasteiger partial charge on any atom is 0.356 e. The van der Waals surface area contributed by atoms with E-state index in [0.29, 0.717) is 12.4 Å². The summed E-state index contributed by atoms with van der Waals surface area (Å²) in [4.78, 5) is 18.2. The molecule has 0 unspecified atom stereocenters. The number of aliphatic hydroxyl groups excluding tert-OH is 1. The van der Waals surface area contributed by atoms with E-state index in [2.05, 4.69) is 15.3 Å². The zero-order valence-electron chi connectivity index (χ0n) is 10.4. The fourth-order valence-corrected chi connectivity index (χ4v) is 1.21. The van der Waals surface area contributed by atoms with Gasteiger partial charge in [-0.1, -0.05) is 0 Å². The van der Waals surface area contributed by atoms with Crippen molar-refractivity contribution < 1.29 is 19.7 Å². The highest BCUT2D eigenvalue weighted by Gasteiger charge is 2.18. The van der Waals surface area contributed by atoms with Gasteiger partial charge in [-0.15, -0.1) is 0 Å². The van der Waals surface area contributed by atoms with Gasteiger partial charge in [0.2, 0.25) is 0 Å². The average molecular weight is 255 g/mol. The Kier molecular flexibility index (Phi) is 4.99. The number of rotatable bonds is 7. The number of aromatic nitrogens is 2. The van der Waals surface area contributed by atoms with E-state index in [-0.39, 0.29) is 18.9 Å². The standard InChI is InChI=1S/C11H17N3O4/c1-11(2,18-4-3-15)7-14-9-6-12-8(5-13-9)10(16)17/h5-6,15H,3-4,7H2,1-2H3,(H,13,14)(H,16,17). The molecule has 7 heteroatoms. The van der Waals surface area contributed by atoms with Gasteiger partial charge in [-0.3, -0.25) is 0 Å². The van der Waals surface area contributed by atoms with E-state index in [9.17, 15) is 4.79 Å². The van der Waals surface area contributed by atoms with Gasteiger partial charge in [0.1, 0.15) is 5.82 Å². The van der Waals surface area contributed by atoms with Crippen molar-refractivity contribution in [3.63, 3.8) is 0 Å². The molecule has 0 saturated heterocycles. The van der Waals surface area contributed by atoms with Crippen LogP contribution >= 0.6 is 0 Å². The lowest BCUT2D eigenvalue weighted by atomic mass is 10.1. The normalized spacial score (nSPS) is 11.3. The number of carbonyl (C=O) groups is 1. The summed E-state index contributed by atoms with van der Waals surface area (Å²) in [6.07, 6.45) is 2.54. The lowest BCUT2D eigenvalue weighted by molar-refractivity contribution is -0.0238. The first-order valence-corrected chi connectivity index (χ1v) is 5.48. The zero-order valence-corrected chi connectivity index (χ0v) is 10.4. The second kappa shape index (κ2) is 6.27. The minimum Gasteiger partial charge on any atom is -0.476 e. The lowest BCUT2D eigenvalue weighted by Gasteiger charge is -2.25. The van der Waals surface area contributed by atoms with Crippen LogP contribution in [0.25, 0.3) is 0 Å². The molecule has 0 aliphatic heterocycles. The largest absolute Gasteiger partial charge is 0.476 e. The predicted molar refractivity (Wildman–Crippen MR) is 64.6 cm³/mol. The number of hydrogen-bond acceptors (Lipinski definition) is 6. The van der Waals surface area contributed by atoms with Crippen molar-refractivity contribution in [1.29, 1.82) is 0 Å². The molecule has 1 aromatic heterocycles. The van der Waals surface area contributed by atoms with Gasteiger partial charge in [-0.2, -0.15) is 0 Å².